The van der Waals surface area contributed by atoms with E-state index in [-0.39, 0.29) is 16.6 Å². The number of rotatable bonds is 5. The normalized spacial score (nSPS) is 11.1. The number of sulfone groups is 1. The Labute approximate surface area is 135 Å². The van der Waals surface area contributed by atoms with Crippen molar-refractivity contribution in [3.8, 4) is 5.88 Å². The van der Waals surface area contributed by atoms with E-state index in [0.717, 1.165) is 0 Å². The van der Waals surface area contributed by atoms with Crippen LogP contribution in [0, 0.1) is 0 Å². The largest absolute Gasteiger partial charge is 0.481 e. The third-order valence-electron chi connectivity index (χ3n) is 3.46. The predicted octanol–water partition coefficient (Wildman–Crippen LogP) is 2.16. The third-order valence-corrected chi connectivity index (χ3v) is 5.21. The average molecular weight is 334 g/mol. The van der Waals surface area contributed by atoms with Crippen molar-refractivity contribution < 1.29 is 17.9 Å². The molecule has 0 saturated heterocycles. The minimum Gasteiger partial charge on any atom is -0.481 e. The molecule has 0 aliphatic carbocycles. The zero-order valence-electron chi connectivity index (χ0n) is 13.2. The van der Waals surface area contributed by atoms with Crippen molar-refractivity contribution >= 4 is 21.4 Å². The summed E-state index contributed by atoms with van der Waals surface area (Å²) in [6.45, 7) is 1.58. The van der Waals surface area contributed by atoms with Gasteiger partial charge >= 0.3 is 0 Å². The molecule has 0 N–H and O–H groups in total. The molecule has 122 valence electrons. The molecule has 2 aromatic rings. The van der Waals surface area contributed by atoms with Crippen LogP contribution in [0.1, 0.15) is 17.3 Å². The smallest absolute Gasteiger partial charge is 0.258 e. The molecule has 2 rings (SSSR count). The van der Waals surface area contributed by atoms with Crippen molar-refractivity contribution in [3.63, 3.8) is 0 Å². The fourth-order valence-corrected chi connectivity index (χ4v) is 2.86. The summed E-state index contributed by atoms with van der Waals surface area (Å²) in [5.41, 5.74) is 1.01. The summed E-state index contributed by atoms with van der Waals surface area (Å²) in [5, 5.41) is 0. The van der Waals surface area contributed by atoms with Crippen molar-refractivity contribution in [2.24, 2.45) is 0 Å². The molecule has 0 spiro atoms. The number of nitrogens with zero attached hydrogens (tertiary/aromatic N) is 2. The maximum Gasteiger partial charge on any atom is 0.258 e. The highest BCUT2D eigenvalue weighted by Gasteiger charge is 2.16. The Hall–Kier alpha value is -2.41. The third kappa shape index (κ3) is 3.68. The molecule has 1 aromatic heterocycles. The van der Waals surface area contributed by atoms with Gasteiger partial charge in [0.05, 0.1) is 29.6 Å². The summed E-state index contributed by atoms with van der Waals surface area (Å²) in [6, 6.07) is 9.31. The number of amides is 1. The Bertz CT molecular complexity index is 784. The number of aromatic nitrogens is 1. The second kappa shape index (κ2) is 6.78. The first-order chi connectivity index (χ1) is 10.9. The summed E-state index contributed by atoms with van der Waals surface area (Å²) in [6.07, 6.45) is 1.53. The monoisotopic (exact) mass is 334 g/mol. The molecule has 1 heterocycles. The Morgan fingerprint density at radius 2 is 1.83 bits per heavy atom. The van der Waals surface area contributed by atoms with Crippen LogP contribution in [0.5, 0.6) is 5.88 Å². The molecule has 0 radical (unpaired) electrons. The lowest BCUT2D eigenvalue weighted by atomic mass is 10.2. The van der Waals surface area contributed by atoms with Gasteiger partial charge in [-0.2, -0.15) is 0 Å². The average Bonchev–Trinajstić information content (AvgIpc) is 2.60. The number of carbonyl (C=O) groups is 1. The van der Waals surface area contributed by atoms with Crippen LogP contribution in [0.2, 0.25) is 0 Å². The molecule has 1 amide bonds. The van der Waals surface area contributed by atoms with Gasteiger partial charge in [0.2, 0.25) is 5.88 Å². The number of hydrogen-bond acceptors (Lipinski definition) is 5. The quantitative estimate of drug-likeness (QED) is 0.837. The molecule has 7 heteroatoms. The fourth-order valence-electron chi connectivity index (χ4n) is 1.97. The molecular weight excluding hydrogens is 316 g/mol. The second-order valence-electron chi connectivity index (χ2n) is 4.85. The van der Waals surface area contributed by atoms with Crippen molar-refractivity contribution in [1.82, 2.24) is 4.98 Å². The van der Waals surface area contributed by atoms with Crippen LogP contribution < -0.4 is 9.64 Å². The number of ether oxygens (including phenoxy) is 1. The first-order valence-electron chi connectivity index (χ1n) is 7.00. The molecule has 0 unspecified atom stereocenters. The molecular formula is C16H18N2O4S. The Morgan fingerprint density at radius 3 is 2.30 bits per heavy atom. The van der Waals surface area contributed by atoms with Crippen LogP contribution in [0.3, 0.4) is 0 Å². The summed E-state index contributed by atoms with van der Waals surface area (Å²) >= 11 is 0. The van der Waals surface area contributed by atoms with Gasteiger partial charge in [-0.15, -0.1) is 0 Å². The highest BCUT2D eigenvalue weighted by molar-refractivity contribution is 7.91. The highest BCUT2D eigenvalue weighted by atomic mass is 32.2. The van der Waals surface area contributed by atoms with Gasteiger partial charge in [-0.3, -0.25) is 4.79 Å². The lowest BCUT2D eigenvalue weighted by Gasteiger charge is -2.17. The molecule has 0 saturated carbocycles. The molecule has 6 nitrogen and oxygen atoms in total. The minimum absolute atomic E-state index is 0.0255. The standard InChI is InChI=1S/C16H18N2O4S/c1-4-23(20,21)14-8-5-12(6-9-14)16(19)18(2)13-7-10-15(22-3)17-11-13/h5-11H,4H2,1-3H3. The lowest BCUT2D eigenvalue weighted by Crippen LogP contribution is -2.26. The van der Waals surface area contributed by atoms with Crippen molar-refractivity contribution in [2.75, 3.05) is 24.8 Å². The SMILES string of the molecule is CCS(=O)(=O)c1ccc(C(=O)N(C)c2ccc(OC)nc2)cc1. The zero-order chi connectivity index (χ0) is 17.0. The summed E-state index contributed by atoms with van der Waals surface area (Å²) in [7, 11) is -0.125. The summed E-state index contributed by atoms with van der Waals surface area (Å²) in [4.78, 5) is 18.2. The zero-order valence-corrected chi connectivity index (χ0v) is 14.0. The van der Waals surface area contributed by atoms with Gasteiger partial charge < -0.3 is 9.64 Å². The Kier molecular flexibility index (Phi) is 5.00. The van der Waals surface area contributed by atoms with Crippen LogP contribution in [-0.4, -0.2) is 39.2 Å². The van der Waals surface area contributed by atoms with E-state index in [1.807, 2.05) is 0 Å². The van der Waals surface area contributed by atoms with E-state index in [1.165, 1.54) is 42.5 Å². The molecule has 0 aliphatic rings. The molecule has 0 bridgehead atoms. The molecule has 1 aromatic carbocycles. The van der Waals surface area contributed by atoms with Gasteiger partial charge in [0.25, 0.3) is 5.91 Å². The molecule has 0 aliphatic heterocycles. The highest BCUT2D eigenvalue weighted by Crippen LogP contribution is 2.18. The van der Waals surface area contributed by atoms with Crippen LogP contribution in [0.4, 0.5) is 5.69 Å². The van der Waals surface area contributed by atoms with Crippen molar-refractivity contribution in [3.05, 3.63) is 48.2 Å². The number of carbonyl (C=O) groups excluding carboxylic acids is 1. The number of hydrogen-bond donors (Lipinski definition) is 0. The van der Waals surface area contributed by atoms with E-state index in [0.29, 0.717) is 17.1 Å². The van der Waals surface area contributed by atoms with E-state index in [9.17, 15) is 13.2 Å². The summed E-state index contributed by atoms with van der Waals surface area (Å²) < 4.78 is 28.5. The van der Waals surface area contributed by atoms with E-state index >= 15 is 0 Å². The molecule has 0 atom stereocenters. The number of anilines is 1. The number of methoxy groups -OCH3 is 1. The van der Waals surface area contributed by atoms with E-state index in [2.05, 4.69) is 4.98 Å². The molecule has 23 heavy (non-hydrogen) atoms. The molecule has 0 fully saturated rings. The van der Waals surface area contributed by atoms with E-state index in [4.69, 9.17) is 4.74 Å². The van der Waals surface area contributed by atoms with Gasteiger partial charge in [-0.25, -0.2) is 13.4 Å². The van der Waals surface area contributed by atoms with Gasteiger partial charge in [0, 0.05) is 18.7 Å². The van der Waals surface area contributed by atoms with E-state index in [1.54, 1.807) is 26.1 Å². The van der Waals surface area contributed by atoms with Gasteiger partial charge in [0.1, 0.15) is 0 Å². The van der Waals surface area contributed by atoms with Crippen molar-refractivity contribution in [2.45, 2.75) is 11.8 Å². The van der Waals surface area contributed by atoms with Crippen LogP contribution in [0.25, 0.3) is 0 Å². The number of pyridine rings is 1. The predicted molar refractivity (Wildman–Crippen MR) is 87.7 cm³/mol. The van der Waals surface area contributed by atoms with Crippen LogP contribution in [0.15, 0.2) is 47.5 Å². The Balaban J connectivity index is 2.22. The minimum atomic E-state index is -3.27. The van der Waals surface area contributed by atoms with Crippen molar-refractivity contribution in [1.29, 1.82) is 0 Å². The second-order valence-corrected chi connectivity index (χ2v) is 7.13. The fraction of sp³-hybridized carbons (Fsp3) is 0.250. The number of benzene rings is 1. The van der Waals surface area contributed by atoms with Gasteiger partial charge in [-0.05, 0) is 30.3 Å². The van der Waals surface area contributed by atoms with Gasteiger partial charge in [-0.1, -0.05) is 6.92 Å². The Morgan fingerprint density at radius 1 is 1.17 bits per heavy atom. The maximum absolute atomic E-state index is 12.4. The first-order valence-corrected chi connectivity index (χ1v) is 8.65. The van der Waals surface area contributed by atoms with Gasteiger partial charge in [0.15, 0.2) is 9.84 Å². The van der Waals surface area contributed by atoms with Crippen LogP contribution >= 0.6 is 0 Å². The van der Waals surface area contributed by atoms with E-state index < -0.39 is 9.84 Å². The van der Waals surface area contributed by atoms with Crippen LogP contribution in [-0.2, 0) is 9.84 Å². The lowest BCUT2D eigenvalue weighted by molar-refractivity contribution is 0.0993. The summed E-state index contributed by atoms with van der Waals surface area (Å²) in [5.74, 6) is 0.235. The maximum atomic E-state index is 12.4. The topological polar surface area (TPSA) is 76.6 Å². The first kappa shape index (κ1) is 17.0.